The third-order valence-corrected chi connectivity index (χ3v) is 2.40. The van der Waals surface area contributed by atoms with E-state index in [9.17, 15) is 9.18 Å². The van der Waals surface area contributed by atoms with Gasteiger partial charge in [-0.2, -0.15) is 0 Å². The van der Waals surface area contributed by atoms with Crippen LogP contribution in [0.3, 0.4) is 0 Å². The maximum Gasteiger partial charge on any atom is 0.320 e. The first-order valence-corrected chi connectivity index (χ1v) is 5.15. The SMILES string of the molecule is N[C@@H](Cc1cc(Br)cc(CF)c1)C(=O)O. The first-order chi connectivity index (χ1) is 7.02. The third-order valence-electron chi connectivity index (χ3n) is 1.94. The normalized spacial score (nSPS) is 12.5. The van der Waals surface area contributed by atoms with Gasteiger partial charge in [-0.1, -0.05) is 22.0 Å². The molecule has 0 aliphatic heterocycles. The summed E-state index contributed by atoms with van der Waals surface area (Å²) in [6.07, 6.45) is 0.196. The summed E-state index contributed by atoms with van der Waals surface area (Å²) >= 11 is 3.23. The molecule has 0 spiro atoms. The molecule has 82 valence electrons. The van der Waals surface area contributed by atoms with Crippen LogP contribution >= 0.6 is 15.9 Å². The fraction of sp³-hybridized carbons (Fsp3) is 0.300. The number of hydrogen-bond donors (Lipinski definition) is 2. The summed E-state index contributed by atoms with van der Waals surface area (Å²) in [7, 11) is 0. The van der Waals surface area contributed by atoms with Crippen molar-refractivity contribution in [3.05, 3.63) is 33.8 Å². The standard InChI is InChI=1S/C10H11BrFNO2/c11-8-2-6(1-7(3-8)5-12)4-9(13)10(14)15/h1-3,9H,4-5,13H2,(H,14,15)/t9-/m0/s1. The number of carboxylic acids is 1. The van der Waals surface area contributed by atoms with E-state index in [-0.39, 0.29) is 6.42 Å². The van der Waals surface area contributed by atoms with Crippen LogP contribution in [0, 0.1) is 0 Å². The number of halogens is 2. The number of carbonyl (C=O) groups is 1. The van der Waals surface area contributed by atoms with Crippen LogP contribution in [-0.4, -0.2) is 17.1 Å². The van der Waals surface area contributed by atoms with E-state index in [0.717, 1.165) is 4.47 Å². The summed E-state index contributed by atoms with van der Waals surface area (Å²) in [6, 6.07) is 4.05. The lowest BCUT2D eigenvalue weighted by Crippen LogP contribution is -2.32. The zero-order chi connectivity index (χ0) is 11.4. The van der Waals surface area contributed by atoms with Crippen molar-refractivity contribution in [2.24, 2.45) is 5.73 Å². The van der Waals surface area contributed by atoms with Crippen molar-refractivity contribution in [2.75, 3.05) is 0 Å². The van der Waals surface area contributed by atoms with Gasteiger partial charge in [0.2, 0.25) is 0 Å². The van der Waals surface area contributed by atoms with Crippen molar-refractivity contribution in [3.63, 3.8) is 0 Å². The van der Waals surface area contributed by atoms with Crippen LogP contribution in [0.5, 0.6) is 0 Å². The summed E-state index contributed by atoms with van der Waals surface area (Å²) in [6.45, 7) is -0.575. The highest BCUT2D eigenvalue weighted by atomic mass is 79.9. The Bertz CT molecular complexity index is 370. The quantitative estimate of drug-likeness (QED) is 0.882. The van der Waals surface area contributed by atoms with E-state index in [0.29, 0.717) is 11.1 Å². The molecule has 0 amide bonds. The molecule has 1 rings (SSSR count). The van der Waals surface area contributed by atoms with E-state index in [2.05, 4.69) is 15.9 Å². The van der Waals surface area contributed by atoms with Gasteiger partial charge in [0.25, 0.3) is 0 Å². The third kappa shape index (κ3) is 3.60. The van der Waals surface area contributed by atoms with E-state index in [4.69, 9.17) is 10.8 Å². The molecule has 0 aliphatic rings. The highest BCUT2D eigenvalue weighted by molar-refractivity contribution is 9.10. The Hall–Kier alpha value is -0.940. The smallest absolute Gasteiger partial charge is 0.320 e. The molecular formula is C10H11BrFNO2. The number of aliphatic carboxylic acids is 1. The van der Waals surface area contributed by atoms with E-state index in [1.54, 1.807) is 18.2 Å². The van der Waals surface area contributed by atoms with E-state index in [1.165, 1.54) is 0 Å². The van der Waals surface area contributed by atoms with Gasteiger partial charge < -0.3 is 10.8 Å². The van der Waals surface area contributed by atoms with E-state index < -0.39 is 18.7 Å². The van der Waals surface area contributed by atoms with Gasteiger partial charge in [-0.3, -0.25) is 4.79 Å². The minimum Gasteiger partial charge on any atom is -0.480 e. The minimum atomic E-state index is -1.06. The van der Waals surface area contributed by atoms with Crippen molar-refractivity contribution >= 4 is 21.9 Å². The first kappa shape index (κ1) is 12.1. The molecule has 15 heavy (non-hydrogen) atoms. The van der Waals surface area contributed by atoms with Crippen molar-refractivity contribution in [1.29, 1.82) is 0 Å². The zero-order valence-electron chi connectivity index (χ0n) is 7.91. The number of hydrogen-bond acceptors (Lipinski definition) is 2. The van der Waals surface area contributed by atoms with Crippen LogP contribution in [0.15, 0.2) is 22.7 Å². The molecule has 3 nitrogen and oxygen atoms in total. The van der Waals surface area contributed by atoms with Crippen LogP contribution in [0.25, 0.3) is 0 Å². The topological polar surface area (TPSA) is 63.3 Å². The molecule has 0 saturated heterocycles. The lowest BCUT2D eigenvalue weighted by Gasteiger charge is -2.08. The number of alkyl halides is 1. The van der Waals surface area contributed by atoms with Gasteiger partial charge >= 0.3 is 5.97 Å². The number of rotatable bonds is 4. The maximum absolute atomic E-state index is 12.4. The molecule has 0 saturated carbocycles. The predicted octanol–water partition coefficient (Wildman–Crippen LogP) is 1.87. The van der Waals surface area contributed by atoms with Crippen molar-refractivity contribution < 1.29 is 14.3 Å². The fourth-order valence-corrected chi connectivity index (χ4v) is 1.84. The van der Waals surface area contributed by atoms with Gasteiger partial charge in [0.15, 0.2) is 0 Å². The van der Waals surface area contributed by atoms with Crippen molar-refractivity contribution in [1.82, 2.24) is 0 Å². The summed E-state index contributed by atoms with van der Waals surface area (Å²) in [4.78, 5) is 10.5. The Morgan fingerprint density at radius 1 is 1.47 bits per heavy atom. The molecule has 3 N–H and O–H groups in total. The van der Waals surface area contributed by atoms with Crippen LogP contribution < -0.4 is 5.73 Å². The highest BCUT2D eigenvalue weighted by Crippen LogP contribution is 2.17. The summed E-state index contributed by atoms with van der Waals surface area (Å²) < 4.78 is 13.1. The summed E-state index contributed by atoms with van der Waals surface area (Å²) in [5.74, 6) is -1.06. The lowest BCUT2D eigenvalue weighted by atomic mass is 10.0. The number of benzene rings is 1. The van der Waals surface area contributed by atoms with Crippen LogP contribution in [0.2, 0.25) is 0 Å². The van der Waals surface area contributed by atoms with Gasteiger partial charge in [0.1, 0.15) is 12.7 Å². The average molecular weight is 276 g/mol. The second kappa shape index (κ2) is 5.23. The molecular weight excluding hydrogens is 265 g/mol. The van der Waals surface area contributed by atoms with Gasteiger partial charge in [-0.15, -0.1) is 0 Å². The molecule has 0 heterocycles. The molecule has 0 unspecified atom stereocenters. The van der Waals surface area contributed by atoms with Gasteiger partial charge in [-0.05, 0) is 29.7 Å². The Morgan fingerprint density at radius 3 is 2.60 bits per heavy atom. The Balaban J connectivity index is 2.85. The Kier molecular flexibility index (Phi) is 4.23. The molecule has 0 aliphatic carbocycles. The Labute approximate surface area is 95.2 Å². The summed E-state index contributed by atoms with van der Waals surface area (Å²) in [5.41, 5.74) is 6.61. The van der Waals surface area contributed by atoms with Crippen LogP contribution in [0.1, 0.15) is 11.1 Å². The van der Waals surface area contributed by atoms with Crippen molar-refractivity contribution in [3.8, 4) is 0 Å². The summed E-state index contributed by atoms with van der Waals surface area (Å²) in [5, 5.41) is 8.63. The molecule has 5 heteroatoms. The monoisotopic (exact) mass is 275 g/mol. The van der Waals surface area contributed by atoms with Gasteiger partial charge in [0.05, 0.1) is 0 Å². The maximum atomic E-state index is 12.4. The van der Waals surface area contributed by atoms with Crippen molar-refractivity contribution in [2.45, 2.75) is 19.1 Å². The van der Waals surface area contributed by atoms with Crippen LogP contribution in [-0.2, 0) is 17.9 Å². The van der Waals surface area contributed by atoms with E-state index in [1.807, 2.05) is 0 Å². The van der Waals surface area contributed by atoms with Crippen LogP contribution in [0.4, 0.5) is 4.39 Å². The second-order valence-electron chi connectivity index (χ2n) is 3.25. The molecule has 0 radical (unpaired) electrons. The first-order valence-electron chi connectivity index (χ1n) is 4.35. The van der Waals surface area contributed by atoms with Gasteiger partial charge in [-0.25, -0.2) is 4.39 Å². The Morgan fingerprint density at radius 2 is 2.07 bits per heavy atom. The number of nitrogens with two attached hydrogens (primary N) is 1. The number of carboxylic acid groups (broad SMARTS) is 1. The van der Waals surface area contributed by atoms with E-state index >= 15 is 0 Å². The van der Waals surface area contributed by atoms with Gasteiger partial charge in [0, 0.05) is 4.47 Å². The molecule has 0 aromatic heterocycles. The molecule has 1 aromatic carbocycles. The second-order valence-corrected chi connectivity index (χ2v) is 4.17. The predicted molar refractivity (Wildman–Crippen MR) is 58.3 cm³/mol. The largest absolute Gasteiger partial charge is 0.480 e. The highest BCUT2D eigenvalue weighted by Gasteiger charge is 2.12. The average Bonchev–Trinajstić information content (AvgIpc) is 2.16. The lowest BCUT2D eigenvalue weighted by molar-refractivity contribution is -0.138. The minimum absolute atomic E-state index is 0.196. The molecule has 0 bridgehead atoms. The molecule has 0 fully saturated rings. The fourth-order valence-electron chi connectivity index (χ4n) is 1.25. The molecule has 1 aromatic rings. The molecule has 1 atom stereocenters. The zero-order valence-corrected chi connectivity index (χ0v) is 9.50.